The topological polar surface area (TPSA) is 29.1 Å². The average molecular weight is 352 g/mol. The number of anilines is 1. The van der Waals surface area contributed by atoms with Gasteiger partial charge in [-0.05, 0) is 36.0 Å². The zero-order valence-corrected chi connectivity index (χ0v) is 15.3. The minimum atomic E-state index is 0.0229. The molecule has 0 bridgehead atoms. The van der Waals surface area contributed by atoms with E-state index in [1.807, 2.05) is 36.4 Å². The summed E-state index contributed by atoms with van der Waals surface area (Å²) in [6, 6.07) is 13.6. The maximum atomic E-state index is 13.1. The summed E-state index contributed by atoms with van der Waals surface area (Å²) in [5.74, 6) is 1.39. The number of hydrogen-bond acceptors (Lipinski definition) is 2. The Kier molecular flexibility index (Phi) is 4.16. The molecule has 1 aliphatic carbocycles. The van der Waals surface area contributed by atoms with Gasteiger partial charge >= 0.3 is 0 Å². The number of rotatable bonds is 3. The van der Waals surface area contributed by atoms with Gasteiger partial charge in [-0.3, -0.25) is 4.79 Å². The van der Waals surface area contributed by atoms with Gasteiger partial charge in [0.15, 0.2) is 5.78 Å². The number of carbonyl (C=O) groups is 1. The minimum Gasteiger partial charge on any atom is -0.381 e. The molecule has 25 heavy (non-hydrogen) atoms. The summed E-state index contributed by atoms with van der Waals surface area (Å²) in [6.45, 7) is 4.49. The number of nitrogens with one attached hydrogen (secondary N) is 1. The molecule has 2 aromatic rings. The van der Waals surface area contributed by atoms with E-state index < -0.39 is 0 Å². The Balaban J connectivity index is 1.86. The van der Waals surface area contributed by atoms with Crippen LogP contribution in [0, 0.1) is 11.8 Å². The van der Waals surface area contributed by atoms with Crippen LogP contribution in [0.2, 0.25) is 5.02 Å². The van der Waals surface area contributed by atoms with Crippen molar-refractivity contribution in [2.45, 2.75) is 32.2 Å². The zero-order valence-electron chi connectivity index (χ0n) is 14.5. The predicted molar refractivity (Wildman–Crippen MR) is 104 cm³/mol. The van der Waals surface area contributed by atoms with E-state index in [1.54, 1.807) is 6.07 Å². The molecule has 2 aromatic carbocycles. The van der Waals surface area contributed by atoms with Gasteiger partial charge in [0.2, 0.25) is 0 Å². The van der Waals surface area contributed by atoms with E-state index in [-0.39, 0.29) is 5.78 Å². The lowest BCUT2D eigenvalue weighted by Crippen LogP contribution is -2.40. The standard InChI is InChI=1S/C22H22ClNO/c1-13(2)20-17-10-6-9-16(17)18-11-15(23)12-19(21(18)24-20)22(25)14-7-4-3-5-8-14/h3-9,11-13,16-17,20,24H,10H2,1-2H3/t16-,17+,20+/m1/s1. The van der Waals surface area contributed by atoms with Crippen molar-refractivity contribution in [1.29, 1.82) is 0 Å². The minimum absolute atomic E-state index is 0.0229. The molecule has 0 amide bonds. The molecular formula is C22H22ClNO. The molecule has 0 spiro atoms. The van der Waals surface area contributed by atoms with Crippen molar-refractivity contribution in [2.75, 3.05) is 5.32 Å². The van der Waals surface area contributed by atoms with Crippen molar-refractivity contribution in [2.24, 2.45) is 11.8 Å². The summed E-state index contributed by atoms with van der Waals surface area (Å²) in [5, 5.41) is 4.32. The van der Waals surface area contributed by atoms with Gasteiger partial charge in [0, 0.05) is 33.8 Å². The van der Waals surface area contributed by atoms with Crippen LogP contribution in [-0.2, 0) is 0 Å². The van der Waals surface area contributed by atoms with Gasteiger partial charge in [-0.1, -0.05) is 67.9 Å². The number of allylic oxidation sites excluding steroid dienone is 2. The number of benzene rings is 2. The summed E-state index contributed by atoms with van der Waals surface area (Å²) in [4.78, 5) is 13.1. The zero-order chi connectivity index (χ0) is 17.6. The van der Waals surface area contributed by atoms with Gasteiger partial charge in [0.25, 0.3) is 0 Å². The van der Waals surface area contributed by atoms with E-state index >= 15 is 0 Å². The molecule has 0 fully saturated rings. The second-order valence-corrected chi connectivity index (χ2v) is 7.82. The Labute approximate surface area is 153 Å². The van der Waals surface area contributed by atoms with Gasteiger partial charge < -0.3 is 5.32 Å². The van der Waals surface area contributed by atoms with E-state index in [9.17, 15) is 4.79 Å². The molecule has 4 rings (SSSR count). The molecule has 0 saturated carbocycles. The molecule has 128 valence electrons. The second kappa shape index (κ2) is 6.34. The number of fused-ring (bicyclic) bond motifs is 3. The van der Waals surface area contributed by atoms with Crippen LogP contribution in [0.15, 0.2) is 54.6 Å². The molecule has 1 heterocycles. The Hall–Kier alpha value is -2.06. The molecule has 0 unspecified atom stereocenters. The third kappa shape index (κ3) is 2.79. The first-order valence-electron chi connectivity index (χ1n) is 8.92. The van der Waals surface area contributed by atoms with Crippen molar-refractivity contribution in [3.05, 3.63) is 76.3 Å². The lowest BCUT2D eigenvalue weighted by molar-refractivity contribution is 0.103. The van der Waals surface area contributed by atoms with E-state index in [4.69, 9.17) is 11.6 Å². The van der Waals surface area contributed by atoms with Crippen molar-refractivity contribution < 1.29 is 4.79 Å². The number of halogens is 1. The highest BCUT2D eigenvalue weighted by molar-refractivity contribution is 6.31. The number of hydrogen-bond donors (Lipinski definition) is 1. The second-order valence-electron chi connectivity index (χ2n) is 7.38. The maximum Gasteiger partial charge on any atom is 0.195 e. The van der Waals surface area contributed by atoms with Crippen molar-refractivity contribution in [1.82, 2.24) is 0 Å². The van der Waals surface area contributed by atoms with Gasteiger partial charge in [-0.25, -0.2) is 0 Å². The van der Waals surface area contributed by atoms with Crippen LogP contribution in [0.25, 0.3) is 0 Å². The summed E-state index contributed by atoms with van der Waals surface area (Å²) in [7, 11) is 0. The molecule has 2 nitrogen and oxygen atoms in total. The summed E-state index contributed by atoms with van der Waals surface area (Å²) in [5.41, 5.74) is 3.49. The summed E-state index contributed by atoms with van der Waals surface area (Å²) >= 11 is 6.40. The lowest BCUT2D eigenvalue weighted by Gasteiger charge is -2.40. The van der Waals surface area contributed by atoms with E-state index in [1.165, 1.54) is 0 Å². The van der Waals surface area contributed by atoms with Crippen LogP contribution in [0.4, 0.5) is 5.69 Å². The van der Waals surface area contributed by atoms with Crippen LogP contribution < -0.4 is 5.32 Å². The van der Waals surface area contributed by atoms with E-state index in [2.05, 4.69) is 31.3 Å². The molecule has 1 aliphatic heterocycles. The quantitative estimate of drug-likeness (QED) is 0.569. The third-order valence-corrected chi connectivity index (χ3v) is 5.70. The van der Waals surface area contributed by atoms with Gasteiger partial charge in [-0.15, -0.1) is 0 Å². The first kappa shape index (κ1) is 16.4. The predicted octanol–water partition coefficient (Wildman–Crippen LogP) is 5.68. The fraction of sp³-hybridized carbons (Fsp3) is 0.318. The fourth-order valence-corrected chi connectivity index (χ4v) is 4.51. The van der Waals surface area contributed by atoms with Crippen molar-refractivity contribution in [3.63, 3.8) is 0 Å². The normalized spacial score (nSPS) is 23.9. The molecule has 0 aromatic heterocycles. The Morgan fingerprint density at radius 2 is 1.96 bits per heavy atom. The summed E-state index contributed by atoms with van der Waals surface area (Å²) < 4.78 is 0. The highest BCUT2D eigenvalue weighted by Gasteiger charge is 2.40. The molecule has 3 atom stereocenters. The molecule has 2 aliphatic rings. The van der Waals surface area contributed by atoms with Gasteiger partial charge in [0.1, 0.15) is 0 Å². The Morgan fingerprint density at radius 1 is 1.20 bits per heavy atom. The highest BCUT2D eigenvalue weighted by Crippen LogP contribution is 2.48. The number of carbonyl (C=O) groups excluding carboxylic acids is 1. The maximum absolute atomic E-state index is 13.1. The largest absolute Gasteiger partial charge is 0.381 e. The smallest absolute Gasteiger partial charge is 0.195 e. The fourth-order valence-electron chi connectivity index (χ4n) is 4.29. The van der Waals surface area contributed by atoms with Gasteiger partial charge in [-0.2, -0.15) is 0 Å². The van der Waals surface area contributed by atoms with E-state index in [0.717, 1.165) is 17.7 Å². The SMILES string of the molecule is CC(C)[C@@H]1Nc2c(C(=O)c3ccccc3)cc(Cl)cc2[C@@H]2C=CC[C@@H]21. The van der Waals surface area contributed by atoms with E-state index in [0.29, 0.717) is 39.9 Å². The van der Waals surface area contributed by atoms with Crippen molar-refractivity contribution >= 4 is 23.1 Å². The first-order valence-corrected chi connectivity index (χ1v) is 9.30. The molecule has 1 N–H and O–H groups in total. The first-order chi connectivity index (χ1) is 12.1. The molecular weight excluding hydrogens is 330 g/mol. The summed E-state index contributed by atoms with van der Waals surface area (Å²) in [6.07, 6.45) is 5.63. The Bertz CT molecular complexity index is 841. The van der Waals surface area contributed by atoms with Crippen LogP contribution in [0.3, 0.4) is 0 Å². The molecule has 3 heteroatoms. The monoisotopic (exact) mass is 351 g/mol. The molecule has 0 radical (unpaired) electrons. The van der Waals surface area contributed by atoms with Crippen LogP contribution in [0.5, 0.6) is 0 Å². The van der Waals surface area contributed by atoms with Crippen LogP contribution in [0.1, 0.15) is 47.7 Å². The lowest BCUT2D eigenvalue weighted by atomic mass is 9.74. The number of ketones is 1. The van der Waals surface area contributed by atoms with Crippen LogP contribution in [-0.4, -0.2) is 11.8 Å². The highest BCUT2D eigenvalue weighted by atomic mass is 35.5. The van der Waals surface area contributed by atoms with Gasteiger partial charge in [0.05, 0.1) is 0 Å². The van der Waals surface area contributed by atoms with Crippen molar-refractivity contribution in [3.8, 4) is 0 Å². The Morgan fingerprint density at radius 3 is 2.68 bits per heavy atom. The average Bonchev–Trinajstić information content (AvgIpc) is 3.10. The third-order valence-electron chi connectivity index (χ3n) is 5.48. The molecule has 0 saturated heterocycles. The van der Waals surface area contributed by atoms with Crippen LogP contribution >= 0.6 is 11.6 Å².